The molecule has 4 rings (SSSR count). The molecule has 5 heteroatoms. The van der Waals surface area contributed by atoms with Crippen LogP contribution in [0.4, 0.5) is 4.39 Å². The number of halogens is 1. The minimum Gasteiger partial charge on any atom is -0.361 e. The van der Waals surface area contributed by atoms with Crippen molar-refractivity contribution in [3.8, 4) is 6.07 Å². The summed E-state index contributed by atoms with van der Waals surface area (Å²) in [6.45, 7) is 1.64. The molecule has 2 aliphatic heterocycles. The van der Waals surface area contributed by atoms with Gasteiger partial charge in [-0.2, -0.15) is 5.26 Å². The van der Waals surface area contributed by atoms with Crippen LogP contribution in [-0.4, -0.2) is 19.5 Å². The van der Waals surface area contributed by atoms with Gasteiger partial charge in [0.15, 0.2) is 6.29 Å². The maximum absolute atomic E-state index is 13.4. The van der Waals surface area contributed by atoms with E-state index in [-0.39, 0.29) is 12.1 Å². The molecule has 0 saturated carbocycles. The van der Waals surface area contributed by atoms with E-state index in [0.717, 1.165) is 16.7 Å². The lowest BCUT2D eigenvalue weighted by molar-refractivity contribution is -0.0738. The highest BCUT2D eigenvalue weighted by Crippen LogP contribution is 2.46. The van der Waals surface area contributed by atoms with Crippen molar-refractivity contribution in [2.75, 3.05) is 13.2 Å². The van der Waals surface area contributed by atoms with E-state index in [4.69, 9.17) is 19.5 Å². The average molecular weight is 339 g/mol. The van der Waals surface area contributed by atoms with Gasteiger partial charge in [0, 0.05) is 6.42 Å². The van der Waals surface area contributed by atoms with E-state index >= 15 is 0 Å². The Morgan fingerprint density at radius 2 is 1.88 bits per heavy atom. The summed E-state index contributed by atoms with van der Waals surface area (Å²) in [4.78, 5) is 0. The highest BCUT2D eigenvalue weighted by molar-refractivity contribution is 5.47. The summed E-state index contributed by atoms with van der Waals surface area (Å²) in [5.74, 6) is -0.278. The Balaban J connectivity index is 1.73. The Kier molecular flexibility index (Phi) is 4.26. The van der Waals surface area contributed by atoms with Crippen molar-refractivity contribution >= 4 is 0 Å². The predicted molar refractivity (Wildman–Crippen MR) is 88.1 cm³/mol. The zero-order valence-corrected chi connectivity index (χ0v) is 13.7. The van der Waals surface area contributed by atoms with E-state index in [1.165, 1.54) is 12.1 Å². The fraction of sp³-hybridized carbons (Fsp3) is 0.350. The van der Waals surface area contributed by atoms with E-state index in [1.807, 2.05) is 12.1 Å². The number of ether oxygens (including phenoxy) is 3. The smallest absolute Gasteiger partial charge is 0.157 e. The third kappa shape index (κ3) is 2.93. The lowest BCUT2D eigenvalue weighted by atomic mass is 9.81. The summed E-state index contributed by atoms with van der Waals surface area (Å²) in [5, 5.41) is 9.13. The van der Waals surface area contributed by atoms with Crippen LogP contribution in [0.25, 0.3) is 0 Å². The second-order valence-corrected chi connectivity index (χ2v) is 6.32. The first-order valence-corrected chi connectivity index (χ1v) is 8.38. The first-order valence-electron chi connectivity index (χ1n) is 8.38. The largest absolute Gasteiger partial charge is 0.361 e. The minimum absolute atomic E-state index is 0.233. The molecule has 2 aliphatic rings. The molecule has 0 aromatic heterocycles. The van der Waals surface area contributed by atoms with Gasteiger partial charge in [0.2, 0.25) is 0 Å². The lowest BCUT2D eigenvalue weighted by Gasteiger charge is -2.31. The number of fused-ring (bicyclic) bond motifs is 1. The maximum atomic E-state index is 13.4. The topological polar surface area (TPSA) is 51.5 Å². The summed E-state index contributed by atoms with van der Waals surface area (Å²) in [6.07, 6.45) is 1.10. The minimum atomic E-state index is -0.674. The lowest BCUT2D eigenvalue weighted by Crippen LogP contribution is -2.29. The average Bonchev–Trinajstić information content (AvgIpc) is 3.28. The van der Waals surface area contributed by atoms with Gasteiger partial charge in [-0.3, -0.25) is 0 Å². The van der Waals surface area contributed by atoms with Gasteiger partial charge in [-0.25, -0.2) is 4.39 Å². The second kappa shape index (κ2) is 6.57. The molecule has 1 saturated heterocycles. The van der Waals surface area contributed by atoms with Crippen LogP contribution in [0.3, 0.4) is 0 Å². The molecular weight excluding hydrogens is 321 g/mol. The number of nitrogens with zero attached hydrogens (tertiary/aromatic N) is 1. The molecule has 25 heavy (non-hydrogen) atoms. The molecule has 1 fully saturated rings. The number of hydrogen-bond acceptors (Lipinski definition) is 4. The normalized spacial score (nSPS) is 22.7. The van der Waals surface area contributed by atoms with E-state index in [9.17, 15) is 4.39 Å². The number of nitriles is 1. The molecule has 2 aromatic carbocycles. The van der Waals surface area contributed by atoms with Gasteiger partial charge < -0.3 is 14.2 Å². The van der Waals surface area contributed by atoms with Crippen molar-refractivity contribution in [2.45, 2.75) is 31.3 Å². The highest BCUT2D eigenvalue weighted by Gasteiger charge is 2.42. The van der Waals surface area contributed by atoms with Crippen molar-refractivity contribution in [1.29, 1.82) is 5.26 Å². The quantitative estimate of drug-likeness (QED) is 0.854. The van der Waals surface area contributed by atoms with E-state index in [0.29, 0.717) is 38.2 Å². The van der Waals surface area contributed by atoms with Crippen molar-refractivity contribution in [2.24, 2.45) is 0 Å². The molecule has 0 amide bonds. The van der Waals surface area contributed by atoms with Crippen LogP contribution in [0, 0.1) is 17.1 Å². The molecule has 0 aliphatic carbocycles. The fourth-order valence-corrected chi connectivity index (χ4v) is 3.66. The first kappa shape index (κ1) is 16.2. The Labute approximate surface area is 145 Å². The summed E-state index contributed by atoms with van der Waals surface area (Å²) in [6, 6.07) is 14.2. The monoisotopic (exact) mass is 339 g/mol. The van der Waals surface area contributed by atoms with Crippen LogP contribution in [0.5, 0.6) is 0 Å². The van der Waals surface area contributed by atoms with Gasteiger partial charge >= 0.3 is 0 Å². The zero-order valence-electron chi connectivity index (χ0n) is 13.7. The maximum Gasteiger partial charge on any atom is 0.157 e. The number of rotatable bonds is 4. The van der Waals surface area contributed by atoms with Crippen LogP contribution in [0.15, 0.2) is 42.5 Å². The fourth-order valence-electron chi connectivity index (χ4n) is 3.66. The first-order chi connectivity index (χ1) is 12.2. The van der Waals surface area contributed by atoms with Crippen molar-refractivity contribution in [1.82, 2.24) is 0 Å². The number of hydrogen-bond donors (Lipinski definition) is 0. The highest BCUT2D eigenvalue weighted by atomic mass is 19.1. The Hall–Kier alpha value is -2.26. The number of benzene rings is 2. The third-order valence-electron chi connectivity index (χ3n) is 4.88. The van der Waals surface area contributed by atoms with Crippen LogP contribution in [0.2, 0.25) is 0 Å². The van der Waals surface area contributed by atoms with Crippen LogP contribution >= 0.6 is 0 Å². The summed E-state index contributed by atoms with van der Waals surface area (Å²) in [5.41, 5.74) is 2.86. The second-order valence-electron chi connectivity index (χ2n) is 6.32. The van der Waals surface area contributed by atoms with E-state index in [2.05, 4.69) is 6.07 Å². The van der Waals surface area contributed by atoms with Crippen LogP contribution < -0.4 is 0 Å². The Bertz CT molecular complexity index is 809. The van der Waals surface area contributed by atoms with Crippen LogP contribution in [-0.2, 0) is 26.4 Å². The molecule has 0 bridgehead atoms. The standard InChI is InChI=1S/C20H18FNO3/c21-17-4-2-16(3-5-17)20(8-7-19-23-9-10-24-19)18-6-1-14(12-22)11-15(18)13-25-20/h1-6,11,19H,7-10,13H2/t20-/m0/s1. The van der Waals surface area contributed by atoms with Gasteiger partial charge in [0.05, 0.1) is 31.5 Å². The molecule has 0 spiro atoms. The summed E-state index contributed by atoms with van der Waals surface area (Å²) in [7, 11) is 0. The Morgan fingerprint density at radius 1 is 1.12 bits per heavy atom. The SMILES string of the molecule is N#Cc1ccc2c(c1)CO[C@@]2(CCC1OCCO1)c1ccc(F)cc1. The summed E-state index contributed by atoms with van der Waals surface area (Å²) < 4.78 is 30.8. The van der Waals surface area contributed by atoms with Crippen molar-refractivity contribution in [3.05, 3.63) is 70.5 Å². The Morgan fingerprint density at radius 3 is 2.60 bits per heavy atom. The van der Waals surface area contributed by atoms with Gasteiger partial charge in [-0.05, 0) is 47.4 Å². The van der Waals surface area contributed by atoms with Gasteiger partial charge in [0.25, 0.3) is 0 Å². The van der Waals surface area contributed by atoms with Crippen molar-refractivity contribution in [3.63, 3.8) is 0 Å². The molecule has 2 aromatic rings. The molecular formula is C20H18FNO3. The third-order valence-corrected chi connectivity index (χ3v) is 4.88. The molecule has 0 N–H and O–H groups in total. The zero-order chi connectivity index (χ0) is 17.3. The van der Waals surface area contributed by atoms with Gasteiger partial charge in [-0.15, -0.1) is 0 Å². The van der Waals surface area contributed by atoms with Crippen LogP contribution in [0.1, 0.15) is 35.1 Å². The van der Waals surface area contributed by atoms with E-state index < -0.39 is 5.60 Å². The van der Waals surface area contributed by atoms with Gasteiger partial charge in [-0.1, -0.05) is 18.2 Å². The molecule has 0 radical (unpaired) electrons. The summed E-state index contributed by atoms with van der Waals surface area (Å²) >= 11 is 0. The van der Waals surface area contributed by atoms with Gasteiger partial charge in [0.1, 0.15) is 11.4 Å². The molecule has 1 atom stereocenters. The molecule has 128 valence electrons. The van der Waals surface area contributed by atoms with Crippen molar-refractivity contribution < 1.29 is 18.6 Å². The molecule has 2 heterocycles. The van der Waals surface area contributed by atoms with E-state index in [1.54, 1.807) is 18.2 Å². The predicted octanol–water partition coefficient (Wildman–Crippen LogP) is 3.62. The molecule has 4 nitrogen and oxygen atoms in total. The molecule has 0 unspecified atom stereocenters.